The largest absolute Gasteiger partial charge is 0.507 e. The summed E-state index contributed by atoms with van der Waals surface area (Å²) in [6.07, 6.45) is 1.64. The molecule has 7 heteroatoms. The summed E-state index contributed by atoms with van der Waals surface area (Å²) in [7, 11) is 0. The number of benzene rings is 1. The average Bonchev–Trinajstić information content (AvgIpc) is 3.39. The smallest absolute Gasteiger partial charge is 0.295 e. The first-order valence-corrected chi connectivity index (χ1v) is 10.0. The zero-order chi connectivity index (χ0) is 19.8. The van der Waals surface area contributed by atoms with Crippen LogP contribution in [-0.2, 0) is 14.3 Å². The van der Waals surface area contributed by atoms with Gasteiger partial charge < -0.3 is 14.7 Å². The molecule has 2 atom stereocenters. The van der Waals surface area contributed by atoms with Gasteiger partial charge in [0.05, 0.1) is 17.7 Å². The Hall–Kier alpha value is -2.51. The lowest BCUT2D eigenvalue weighted by Crippen LogP contribution is -2.36. The van der Waals surface area contributed by atoms with Gasteiger partial charge in [-0.25, -0.2) is 4.39 Å². The van der Waals surface area contributed by atoms with E-state index in [-0.39, 0.29) is 17.4 Å². The predicted molar refractivity (Wildman–Crippen MR) is 103 cm³/mol. The Morgan fingerprint density at radius 2 is 2.04 bits per heavy atom. The zero-order valence-electron chi connectivity index (χ0n) is 15.4. The lowest BCUT2D eigenvalue weighted by molar-refractivity contribution is -0.140. The molecule has 0 radical (unpaired) electrons. The third-order valence-electron chi connectivity index (χ3n) is 5.23. The van der Waals surface area contributed by atoms with Crippen molar-refractivity contribution in [2.45, 2.75) is 31.9 Å². The number of rotatable bonds is 4. The number of likely N-dealkylation sites (tertiary alicyclic amines) is 1. The molecule has 2 unspecified atom stereocenters. The van der Waals surface area contributed by atoms with E-state index in [2.05, 4.69) is 0 Å². The highest BCUT2D eigenvalue weighted by molar-refractivity contribution is 7.10. The molecule has 146 valence electrons. The van der Waals surface area contributed by atoms with Crippen LogP contribution in [0, 0.1) is 12.7 Å². The Kier molecular flexibility index (Phi) is 5.03. The highest BCUT2D eigenvalue weighted by Crippen LogP contribution is 2.43. The molecule has 28 heavy (non-hydrogen) atoms. The molecular weight excluding hydrogens is 381 g/mol. The number of ether oxygens (including phenoxy) is 1. The maximum Gasteiger partial charge on any atom is 0.295 e. The van der Waals surface area contributed by atoms with E-state index < -0.39 is 23.5 Å². The second-order valence-corrected chi connectivity index (χ2v) is 8.01. The van der Waals surface area contributed by atoms with Gasteiger partial charge in [0.25, 0.3) is 11.7 Å². The molecule has 0 spiro atoms. The molecule has 1 aromatic carbocycles. The molecule has 3 heterocycles. The van der Waals surface area contributed by atoms with Crippen molar-refractivity contribution in [2.75, 3.05) is 13.2 Å². The van der Waals surface area contributed by atoms with Crippen molar-refractivity contribution in [1.82, 2.24) is 4.90 Å². The minimum absolute atomic E-state index is 0.0418. The predicted octanol–water partition coefficient (Wildman–Crippen LogP) is 3.80. The number of ketones is 1. The summed E-state index contributed by atoms with van der Waals surface area (Å²) >= 11 is 1.44. The fraction of sp³-hybridized carbons (Fsp3) is 0.333. The minimum Gasteiger partial charge on any atom is -0.507 e. The summed E-state index contributed by atoms with van der Waals surface area (Å²) < 4.78 is 18.9. The number of amides is 1. The van der Waals surface area contributed by atoms with E-state index in [9.17, 15) is 19.1 Å². The van der Waals surface area contributed by atoms with E-state index in [4.69, 9.17) is 4.74 Å². The highest BCUT2D eigenvalue weighted by atomic mass is 32.1. The van der Waals surface area contributed by atoms with E-state index in [1.807, 2.05) is 18.4 Å². The van der Waals surface area contributed by atoms with Crippen LogP contribution >= 0.6 is 11.3 Å². The Bertz CT molecular complexity index is 944. The maximum atomic E-state index is 13.3. The van der Waals surface area contributed by atoms with Crippen LogP contribution in [0.1, 0.15) is 34.9 Å². The van der Waals surface area contributed by atoms with Crippen LogP contribution in [0.5, 0.6) is 0 Å². The summed E-state index contributed by atoms with van der Waals surface area (Å²) in [6.45, 7) is 2.86. The molecule has 5 nitrogen and oxygen atoms in total. The Morgan fingerprint density at radius 3 is 2.64 bits per heavy atom. The van der Waals surface area contributed by atoms with Crippen LogP contribution in [0.2, 0.25) is 0 Å². The number of aryl methyl sites for hydroxylation is 1. The lowest BCUT2D eigenvalue weighted by Gasteiger charge is -2.27. The molecule has 2 saturated heterocycles. The third kappa shape index (κ3) is 3.25. The lowest BCUT2D eigenvalue weighted by atomic mass is 9.98. The Morgan fingerprint density at radius 1 is 1.29 bits per heavy atom. The number of aliphatic hydroxyl groups is 1. The molecular formula is C21H20FNO4S. The van der Waals surface area contributed by atoms with Crippen molar-refractivity contribution < 1.29 is 23.8 Å². The number of aliphatic hydroxyl groups excluding tert-OH is 1. The molecule has 1 aromatic heterocycles. The average molecular weight is 401 g/mol. The Labute approximate surface area is 166 Å². The monoisotopic (exact) mass is 401 g/mol. The first-order chi connectivity index (χ1) is 13.5. The first-order valence-electron chi connectivity index (χ1n) is 9.17. The fourth-order valence-corrected chi connectivity index (χ4v) is 4.82. The number of carbonyl (C=O) groups excluding carboxylic acids is 2. The fourth-order valence-electron chi connectivity index (χ4n) is 3.78. The van der Waals surface area contributed by atoms with Gasteiger partial charge in [-0.15, -0.1) is 11.3 Å². The summed E-state index contributed by atoms with van der Waals surface area (Å²) in [5, 5.41) is 12.8. The maximum absolute atomic E-state index is 13.3. The van der Waals surface area contributed by atoms with Gasteiger partial charge in [0.15, 0.2) is 0 Å². The van der Waals surface area contributed by atoms with E-state index in [0.29, 0.717) is 18.7 Å². The molecule has 2 aromatic rings. The normalized spacial score (nSPS) is 24.3. The van der Waals surface area contributed by atoms with Gasteiger partial charge in [-0.1, -0.05) is 0 Å². The van der Waals surface area contributed by atoms with Crippen molar-refractivity contribution in [3.05, 3.63) is 63.1 Å². The number of hydrogen-bond acceptors (Lipinski definition) is 5. The van der Waals surface area contributed by atoms with Crippen LogP contribution < -0.4 is 0 Å². The zero-order valence-corrected chi connectivity index (χ0v) is 16.2. The van der Waals surface area contributed by atoms with Crippen LogP contribution in [0.25, 0.3) is 5.76 Å². The highest BCUT2D eigenvalue weighted by Gasteiger charge is 2.47. The van der Waals surface area contributed by atoms with Crippen molar-refractivity contribution in [3.63, 3.8) is 0 Å². The van der Waals surface area contributed by atoms with Crippen LogP contribution in [-0.4, -0.2) is 41.0 Å². The topological polar surface area (TPSA) is 66.8 Å². The van der Waals surface area contributed by atoms with E-state index in [0.717, 1.165) is 23.3 Å². The van der Waals surface area contributed by atoms with Gasteiger partial charge in [0.1, 0.15) is 11.6 Å². The summed E-state index contributed by atoms with van der Waals surface area (Å²) in [5.41, 5.74) is 1.29. The molecule has 1 N–H and O–H groups in total. The summed E-state index contributed by atoms with van der Waals surface area (Å²) in [4.78, 5) is 28.0. The third-order valence-corrected chi connectivity index (χ3v) is 6.30. The second kappa shape index (κ2) is 7.48. The van der Waals surface area contributed by atoms with Crippen LogP contribution in [0.15, 0.2) is 41.3 Å². The van der Waals surface area contributed by atoms with Gasteiger partial charge in [-0.05, 0) is 61.0 Å². The van der Waals surface area contributed by atoms with Gasteiger partial charge in [-0.3, -0.25) is 9.59 Å². The molecule has 0 bridgehead atoms. The number of thiophene rings is 1. The van der Waals surface area contributed by atoms with Gasteiger partial charge in [-0.2, -0.15) is 0 Å². The second-order valence-electron chi connectivity index (χ2n) is 7.06. The quantitative estimate of drug-likeness (QED) is 0.481. The van der Waals surface area contributed by atoms with E-state index in [1.165, 1.54) is 40.5 Å². The SMILES string of the molecule is Cc1ccsc1C1/C(=C(\O)c2ccc(F)cc2)C(=O)C(=O)N1CC1CCCO1. The number of nitrogens with zero attached hydrogens (tertiary/aromatic N) is 1. The Balaban J connectivity index is 1.82. The van der Waals surface area contributed by atoms with Crippen molar-refractivity contribution in [3.8, 4) is 0 Å². The standard InChI is InChI=1S/C21H20FNO4S/c1-12-8-10-28-20(12)17-16(18(24)13-4-6-14(22)7-5-13)19(25)21(26)23(17)11-15-3-2-9-27-15/h4-8,10,15,17,24H,2-3,9,11H2,1H3/b18-16+. The molecule has 0 aliphatic carbocycles. The summed E-state index contributed by atoms with van der Waals surface area (Å²) in [5.74, 6) is -2.10. The molecule has 2 fully saturated rings. The number of hydrogen-bond donors (Lipinski definition) is 1. The number of carbonyl (C=O) groups is 2. The van der Waals surface area contributed by atoms with E-state index >= 15 is 0 Å². The molecule has 0 saturated carbocycles. The van der Waals surface area contributed by atoms with Gasteiger partial charge in [0.2, 0.25) is 0 Å². The van der Waals surface area contributed by atoms with E-state index in [1.54, 1.807) is 0 Å². The van der Waals surface area contributed by atoms with Crippen LogP contribution in [0.4, 0.5) is 4.39 Å². The van der Waals surface area contributed by atoms with Gasteiger partial charge in [0, 0.05) is 23.6 Å². The first kappa shape index (κ1) is 18.8. The van der Waals surface area contributed by atoms with Crippen molar-refractivity contribution in [1.29, 1.82) is 0 Å². The minimum atomic E-state index is -0.724. The molecule has 2 aliphatic heterocycles. The van der Waals surface area contributed by atoms with Crippen LogP contribution in [0.3, 0.4) is 0 Å². The summed E-state index contributed by atoms with van der Waals surface area (Å²) in [6, 6.07) is 6.47. The number of Topliss-reactive ketones (excluding diaryl/α,β-unsaturated/α-hetero) is 1. The molecule has 1 amide bonds. The molecule has 2 aliphatic rings. The number of halogens is 1. The van der Waals surface area contributed by atoms with Crippen molar-refractivity contribution in [2.24, 2.45) is 0 Å². The molecule has 4 rings (SSSR count). The van der Waals surface area contributed by atoms with Gasteiger partial charge >= 0.3 is 0 Å². The van der Waals surface area contributed by atoms with Crippen molar-refractivity contribution >= 4 is 28.8 Å².